The summed E-state index contributed by atoms with van der Waals surface area (Å²) in [4.78, 5) is 12.3. The van der Waals surface area contributed by atoms with Crippen molar-refractivity contribution in [3.05, 3.63) is 69.8 Å². The Hall–Kier alpha value is -2.09. The summed E-state index contributed by atoms with van der Waals surface area (Å²) < 4.78 is 0. The van der Waals surface area contributed by atoms with Gasteiger partial charge < -0.3 is 5.32 Å². The van der Waals surface area contributed by atoms with Crippen molar-refractivity contribution >= 4 is 5.91 Å². The molecule has 21 heavy (non-hydrogen) atoms. The number of rotatable bonds is 3. The number of amides is 1. The van der Waals surface area contributed by atoms with Crippen LogP contribution in [0.2, 0.25) is 0 Å². The topological polar surface area (TPSA) is 29.1 Å². The summed E-state index contributed by atoms with van der Waals surface area (Å²) in [6, 6.07) is 12.0. The van der Waals surface area contributed by atoms with Gasteiger partial charge in [0.15, 0.2) is 0 Å². The molecule has 0 aliphatic carbocycles. The van der Waals surface area contributed by atoms with E-state index in [9.17, 15) is 4.79 Å². The average molecular weight is 281 g/mol. The Balaban J connectivity index is 2.20. The molecule has 2 heteroatoms. The normalized spacial score (nSPS) is 12.0. The molecule has 0 unspecified atom stereocenters. The molecule has 1 atom stereocenters. The second kappa shape index (κ2) is 6.13. The number of hydrogen-bond acceptors (Lipinski definition) is 1. The Labute approximate surface area is 127 Å². The number of nitrogens with one attached hydrogen (secondary N) is 1. The molecule has 0 saturated carbocycles. The molecule has 2 rings (SSSR count). The van der Waals surface area contributed by atoms with Gasteiger partial charge in [0.1, 0.15) is 0 Å². The Morgan fingerprint density at radius 2 is 1.62 bits per heavy atom. The Bertz CT molecular complexity index is 673. The van der Waals surface area contributed by atoms with Gasteiger partial charge in [0.05, 0.1) is 6.04 Å². The molecular weight excluding hydrogens is 258 g/mol. The van der Waals surface area contributed by atoms with Crippen LogP contribution < -0.4 is 5.32 Å². The van der Waals surface area contributed by atoms with Crippen LogP contribution in [-0.2, 0) is 0 Å². The van der Waals surface area contributed by atoms with Crippen LogP contribution in [0.15, 0.2) is 36.4 Å². The van der Waals surface area contributed by atoms with E-state index in [-0.39, 0.29) is 11.9 Å². The predicted molar refractivity (Wildman–Crippen MR) is 87.7 cm³/mol. The fourth-order valence-electron chi connectivity index (χ4n) is 2.59. The highest BCUT2D eigenvalue weighted by atomic mass is 16.1. The van der Waals surface area contributed by atoms with Crippen molar-refractivity contribution in [2.45, 2.75) is 40.7 Å². The maximum absolute atomic E-state index is 12.3. The van der Waals surface area contributed by atoms with Gasteiger partial charge in [-0.25, -0.2) is 0 Å². The van der Waals surface area contributed by atoms with Gasteiger partial charge in [-0.2, -0.15) is 0 Å². The highest BCUT2D eigenvalue weighted by molar-refractivity contribution is 5.94. The van der Waals surface area contributed by atoms with Crippen molar-refractivity contribution in [2.75, 3.05) is 0 Å². The molecule has 2 aromatic carbocycles. The van der Waals surface area contributed by atoms with Gasteiger partial charge in [0.2, 0.25) is 0 Å². The first-order valence-corrected chi connectivity index (χ1v) is 7.33. The standard InChI is InChI=1S/C19H23NO/c1-12-7-6-8-17(9-12)19(21)20-16(5)18-11-14(3)13(2)10-15(18)4/h6-11,16H,1-5H3,(H,20,21)/t16-/m1/s1. The van der Waals surface area contributed by atoms with Crippen molar-refractivity contribution in [1.29, 1.82) is 0 Å². The van der Waals surface area contributed by atoms with Crippen LogP contribution in [-0.4, -0.2) is 5.91 Å². The molecule has 2 nitrogen and oxygen atoms in total. The summed E-state index contributed by atoms with van der Waals surface area (Å²) in [6.45, 7) is 10.3. The molecule has 0 spiro atoms. The average Bonchev–Trinajstić information content (AvgIpc) is 2.42. The minimum Gasteiger partial charge on any atom is -0.346 e. The minimum atomic E-state index is -0.0242. The molecule has 1 N–H and O–H groups in total. The monoisotopic (exact) mass is 281 g/mol. The van der Waals surface area contributed by atoms with E-state index in [4.69, 9.17) is 0 Å². The van der Waals surface area contributed by atoms with Gasteiger partial charge in [-0.3, -0.25) is 4.79 Å². The first-order chi connectivity index (χ1) is 9.88. The smallest absolute Gasteiger partial charge is 0.251 e. The third kappa shape index (κ3) is 3.52. The Morgan fingerprint density at radius 1 is 0.952 bits per heavy atom. The van der Waals surface area contributed by atoms with Crippen molar-refractivity contribution in [1.82, 2.24) is 5.32 Å². The van der Waals surface area contributed by atoms with Crippen molar-refractivity contribution < 1.29 is 4.79 Å². The first-order valence-electron chi connectivity index (χ1n) is 7.33. The van der Waals surface area contributed by atoms with Gasteiger partial charge in [0.25, 0.3) is 5.91 Å². The maximum atomic E-state index is 12.3. The summed E-state index contributed by atoms with van der Waals surface area (Å²) in [7, 11) is 0. The zero-order valence-corrected chi connectivity index (χ0v) is 13.4. The number of benzene rings is 2. The first kappa shape index (κ1) is 15.3. The van der Waals surface area contributed by atoms with Crippen LogP contribution in [0.5, 0.6) is 0 Å². The lowest BCUT2D eigenvalue weighted by molar-refractivity contribution is 0.0939. The Kier molecular flexibility index (Phi) is 4.46. The van der Waals surface area contributed by atoms with E-state index >= 15 is 0 Å². The van der Waals surface area contributed by atoms with E-state index in [0.717, 1.165) is 5.56 Å². The van der Waals surface area contributed by atoms with Crippen molar-refractivity contribution in [2.24, 2.45) is 0 Å². The second-order valence-electron chi connectivity index (χ2n) is 5.86. The van der Waals surface area contributed by atoms with Crippen molar-refractivity contribution in [3.8, 4) is 0 Å². The maximum Gasteiger partial charge on any atom is 0.251 e. The number of aryl methyl sites for hydroxylation is 4. The van der Waals surface area contributed by atoms with Crippen LogP contribution in [0.25, 0.3) is 0 Å². The summed E-state index contributed by atoms with van der Waals surface area (Å²) in [5.41, 5.74) is 6.75. The lowest BCUT2D eigenvalue weighted by Crippen LogP contribution is -2.27. The highest BCUT2D eigenvalue weighted by Gasteiger charge is 2.14. The van der Waals surface area contributed by atoms with E-state index < -0.39 is 0 Å². The number of carbonyl (C=O) groups is 1. The number of carbonyl (C=O) groups excluding carboxylic acids is 1. The Morgan fingerprint density at radius 3 is 2.29 bits per heavy atom. The molecule has 2 aromatic rings. The third-order valence-electron chi connectivity index (χ3n) is 3.98. The van der Waals surface area contributed by atoms with Crippen LogP contribution in [0.1, 0.15) is 51.1 Å². The van der Waals surface area contributed by atoms with Gasteiger partial charge >= 0.3 is 0 Å². The van der Waals surface area contributed by atoms with Gasteiger partial charge in [0, 0.05) is 5.56 Å². The van der Waals surface area contributed by atoms with Gasteiger partial charge in [-0.05, 0) is 69.0 Å². The van der Waals surface area contributed by atoms with Crippen LogP contribution in [0.3, 0.4) is 0 Å². The third-order valence-corrected chi connectivity index (χ3v) is 3.98. The van der Waals surface area contributed by atoms with E-state index in [1.165, 1.54) is 22.3 Å². The molecule has 0 aliphatic heterocycles. The second-order valence-corrected chi connectivity index (χ2v) is 5.86. The highest BCUT2D eigenvalue weighted by Crippen LogP contribution is 2.22. The summed E-state index contributed by atoms with van der Waals surface area (Å²) in [5.74, 6) is -0.0242. The molecule has 0 bridgehead atoms. The SMILES string of the molecule is Cc1cccc(C(=O)N[C@H](C)c2cc(C)c(C)cc2C)c1. The minimum absolute atomic E-state index is 0.00249. The lowest BCUT2D eigenvalue weighted by Gasteiger charge is -2.18. The predicted octanol–water partition coefficient (Wildman–Crippen LogP) is 4.41. The van der Waals surface area contributed by atoms with E-state index in [1.54, 1.807) is 0 Å². The molecule has 0 aliphatic rings. The molecule has 0 heterocycles. The van der Waals surface area contributed by atoms with E-state index in [0.29, 0.717) is 5.56 Å². The molecule has 1 amide bonds. The molecule has 0 fully saturated rings. The van der Waals surface area contributed by atoms with Crippen LogP contribution in [0, 0.1) is 27.7 Å². The quantitative estimate of drug-likeness (QED) is 0.887. The van der Waals surface area contributed by atoms with E-state index in [2.05, 4.69) is 38.2 Å². The molecule has 0 aromatic heterocycles. The fourth-order valence-corrected chi connectivity index (χ4v) is 2.59. The number of hydrogen-bond donors (Lipinski definition) is 1. The summed E-state index contributed by atoms with van der Waals surface area (Å²) in [6.07, 6.45) is 0. The molecule has 110 valence electrons. The van der Waals surface area contributed by atoms with Gasteiger partial charge in [-0.1, -0.05) is 29.8 Å². The lowest BCUT2D eigenvalue weighted by atomic mass is 9.96. The molecule has 0 radical (unpaired) electrons. The fraction of sp³-hybridized carbons (Fsp3) is 0.316. The zero-order valence-electron chi connectivity index (χ0n) is 13.4. The van der Waals surface area contributed by atoms with Crippen molar-refractivity contribution in [3.63, 3.8) is 0 Å². The van der Waals surface area contributed by atoms with Crippen LogP contribution in [0.4, 0.5) is 0 Å². The molecular formula is C19H23NO. The summed E-state index contributed by atoms with van der Waals surface area (Å²) in [5, 5.41) is 3.09. The molecule has 0 saturated heterocycles. The summed E-state index contributed by atoms with van der Waals surface area (Å²) >= 11 is 0. The van der Waals surface area contributed by atoms with E-state index in [1.807, 2.05) is 38.1 Å². The largest absolute Gasteiger partial charge is 0.346 e. The zero-order chi connectivity index (χ0) is 15.6. The van der Waals surface area contributed by atoms with Gasteiger partial charge in [-0.15, -0.1) is 0 Å². The van der Waals surface area contributed by atoms with Crippen LogP contribution >= 0.6 is 0 Å².